The van der Waals surface area contributed by atoms with E-state index in [0.717, 1.165) is 6.26 Å². The molecule has 1 aromatic heterocycles. The van der Waals surface area contributed by atoms with Crippen LogP contribution in [0.25, 0.3) is 0 Å². The summed E-state index contributed by atoms with van der Waals surface area (Å²) in [7, 11) is -3.38. The van der Waals surface area contributed by atoms with Gasteiger partial charge in [-0.15, -0.1) is 0 Å². The average molecular weight is 337 g/mol. The molecule has 0 saturated carbocycles. The van der Waals surface area contributed by atoms with Gasteiger partial charge in [0.2, 0.25) is 0 Å². The normalized spacial score (nSPS) is 11.0. The van der Waals surface area contributed by atoms with E-state index in [9.17, 15) is 17.6 Å². The van der Waals surface area contributed by atoms with Gasteiger partial charge in [-0.1, -0.05) is 0 Å². The van der Waals surface area contributed by atoms with Crippen LogP contribution < -0.4 is 10.6 Å². The van der Waals surface area contributed by atoms with Gasteiger partial charge in [0, 0.05) is 31.1 Å². The minimum absolute atomic E-state index is 0.102. The fourth-order valence-electron chi connectivity index (χ4n) is 1.88. The first kappa shape index (κ1) is 16.9. The third-order valence-corrected chi connectivity index (χ3v) is 4.11. The van der Waals surface area contributed by atoms with E-state index in [1.807, 2.05) is 0 Å². The van der Waals surface area contributed by atoms with E-state index in [0.29, 0.717) is 12.1 Å². The van der Waals surface area contributed by atoms with Crippen LogP contribution >= 0.6 is 0 Å². The van der Waals surface area contributed by atoms with E-state index in [1.54, 1.807) is 0 Å². The molecule has 0 radical (unpaired) electrons. The number of pyridine rings is 1. The summed E-state index contributed by atoms with van der Waals surface area (Å²) in [6, 6.07) is 8.19. The summed E-state index contributed by atoms with van der Waals surface area (Å²) in [5, 5.41) is 5.52. The summed E-state index contributed by atoms with van der Waals surface area (Å²) in [4.78, 5) is 15.9. The maximum Gasteiger partial charge on any atom is 0.251 e. The minimum Gasteiger partial charge on any atom is -0.367 e. The molecule has 0 aliphatic heterocycles. The Labute approximate surface area is 133 Å². The summed E-state index contributed by atoms with van der Waals surface area (Å²) >= 11 is 0. The molecule has 1 amide bonds. The molecule has 0 atom stereocenters. The highest BCUT2D eigenvalue weighted by atomic mass is 32.2. The highest BCUT2D eigenvalue weighted by Crippen LogP contribution is 2.17. The highest BCUT2D eigenvalue weighted by molar-refractivity contribution is 7.90. The third kappa shape index (κ3) is 4.75. The molecule has 2 N–H and O–H groups in total. The number of rotatable bonds is 6. The summed E-state index contributed by atoms with van der Waals surface area (Å²) in [5.74, 6) is -0.506. The largest absolute Gasteiger partial charge is 0.367 e. The zero-order valence-electron chi connectivity index (χ0n) is 12.4. The second-order valence-corrected chi connectivity index (χ2v) is 6.80. The van der Waals surface area contributed by atoms with Gasteiger partial charge in [-0.05, 0) is 36.4 Å². The first-order valence-corrected chi connectivity index (χ1v) is 8.70. The Hall–Kier alpha value is -2.48. The van der Waals surface area contributed by atoms with Crippen LogP contribution in [-0.4, -0.2) is 38.7 Å². The standard InChI is InChI=1S/C15H16FN3O3S/c1-23(21,22)13-3-2-8-17-14(13)18-9-10-19-15(20)11-4-6-12(16)7-5-11/h2-8H,9-10H2,1H3,(H,17,18)(H,19,20). The molecule has 1 heterocycles. The number of halogens is 1. The molecular weight excluding hydrogens is 321 g/mol. The lowest BCUT2D eigenvalue weighted by Gasteiger charge is -2.10. The van der Waals surface area contributed by atoms with Crippen molar-refractivity contribution in [2.45, 2.75) is 4.90 Å². The number of benzene rings is 1. The Kier molecular flexibility index (Phi) is 5.28. The molecule has 2 rings (SSSR count). The van der Waals surface area contributed by atoms with Crippen molar-refractivity contribution in [2.24, 2.45) is 0 Å². The molecule has 1 aromatic carbocycles. The minimum atomic E-state index is -3.38. The van der Waals surface area contributed by atoms with Gasteiger partial charge >= 0.3 is 0 Å². The molecule has 6 nitrogen and oxygen atoms in total. The van der Waals surface area contributed by atoms with Gasteiger partial charge in [0.05, 0.1) is 0 Å². The SMILES string of the molecule is CS(=O)(=O)c1cccnc1NCCNC(=O)c1ccc(F)cc1. The van der Waals surface area contributed by atoms with Gasteiger partial charge in [-0.3, -0.25) is 4.79 Å². The molecule has 0 spiro atoms. The lowest BCUT2D eigenvalue weighted by atomic mass is 10.2. The third-order valence-electron chi connectivity index (χ3n) is 2.98. The lowest BCUT2D eigenvalue weighted by molar-refractivity contribution is 0.0955. The summed E-state index contributed by atoms with van der Waals surface area (Å²) in [6.07, 6.45) is 2.58. The summed E-state index contributed by atoms with van der Waals surface area (Å²) < 4.78 is 36.0. The van der Waals surface area contributed by atoms with Gasteiger partial charge in [-0.25, -0.2) is 17.8 Å². The Balaban J connectivity index is 1.89. The molecule has 0 aliphatic carbocycles. The topological polar surface area (TPSA) is 88.2 Å². The number of hydrogen-bond donors (Lipinski definition) is 2. The quantitative estimate of drug-likeness (QED) is 0.779. The van der Waals surface area contributed by atoms with Gasteiger partial charge in [0.15, 0.2) is 9.84 Å². The number of amides is 1. The average Bonchev–Trinajstić information content (AvgIpc) is 2.51. The van der Waals surface area contributed by atoms with Gasteiger partial charge < -0.3 is 10.6 Å². The van der Waals surface area contributed by atoms with E-state index in [4.69, 9.17) is 0 Å². The zero-order chi connectivity index (χ0) is 16.9. The van der Waals surface area contributed by atoms with Crippen LogP contribution in [0.1, 0.15) is 10.4 Å². The fraction of sp³-hybridized carbons (Fsp3) is 0.200. The molecule has 0 bridgehead atoms. The molecule has 0 saturated heterocycles. The van der Waals surface area contributed by atoms with Crippen molar-refractivity contribution in [3.05, 3.63) is 54.0 Å². The smallest absolute Gasteiger partial charge is 0.251 e. The first-order chi connectivity index (χ1) is 10.9. The second-order valence-electron chi connectivity index (χ2n) is 4.81. The monoisotopic (exact) mass is 337 g/mol. The van der Waals surface area contributed by atoms with Crippen LogP contribution in [0.4, 0.5) is 10.2 Å². The number of nitrogens with zero attached hydrogens (tertiary/aromatic N) is 1. The summed E-state index contributed by atoms with van der Waals surface area (Å²) in [6.45, 7) is 0.558. The molecule has 23 heavy (non-hydrogen) atoms. The Morgan fingerprint density at radius 3 is 2.52 bits per heavy atom. The Morgan fingerprint density at radius 2 is 1.87 bits per heavy atom. The van der Waals surface area contributed by atoms with E-state index >= 15 is 0 Å². The van der Waals surface area contributed by atoms with Crippen molar-refractivity contribution < 1.29 is 17.6 Å². The van der Waals surface area contributed by atoms with Crippen LogP contribution in [0.5, 0.6) is 0 Å². The molecule has 122 valence electrons. The van der Waals surface area contributed by atoms with Crippen LogP contribution in [0.2, 0.25) is 0 Å². The Bertz CT molecular complexity index is 792. The number of carbonyl (C=O) groups is 1. The molecule has 8 heteroatoms. The van der Waals surface area contributed by atoms with E-state index in [-0.39, 0.29) is 23.2 Å². The van der Waals surface area contributed by atoms with Crippen molar-refractivity contribution in [3.63, 3.8) is 0 Å². The van der Waals surface area contributed by atoms with Gasteiger partial charge in [0.25, 0.3) is 5.91 Å². The van der Waals surface area contributed by atoms with Crippen molar-refractivity contribution in [3.8, 4) is 0 Å². The van der Waals surface area contributed by atoms with Crippen LogP contribution in [0.3, 0.4) is 0 Å². The van der Waals surface area contributed by atoms with Crippen molar-refractivity contribution in [1.82, 2.24) is 10.3 Å². The number of carbonyl (C=O) groups excluding carboxylic acids is 1. The zero-order valence-corrected chi connectivity index (χ0v) is 13.2. The lowest BCUT2D eigenvalue weighted by Crippen LogP contribution is -2.29. The highest BCUT2D eigenvalue weighted by Gasteiger charge is 2.13. The predicted molar refractivity (Wildman–Crippen MR) is 84.6 cm³/mol. The summed E-state index contributed by atoms with van der Waals surface area (Å²) in [5.41, 5.74) is 0.348. The van der Waals surface area contributed by atoms with E-state index < -0.39 is 15.7 Å². The second kappa shape index (κ2) is 7.19. The molecule has 2 aromatic rings. The fourth-order valence-corrected chi connectivity index (χ4v) is 2.68. The molecule has 0 unspecified atom stereocenters. The maximum absolute atomic E-state index is 12.8. The van der Waals surface area contributed by atoms with E-state index in [1.165, 1.54) is 42.6 Å². The first-order valence-electron chi connectivity index (χ1n) is 6.80. The van der Waals surface area contributed by atoms with Gasteiger partial charge in [0.1, 0.15) is 16.5 Å². The molecular formula is C15H16FN3O3S. The van der Waals surface area contributed by atoms with Gasteiger partial charge in [-0.2, -0.15) is 0 Å². The van der Waals surface area contributed by atoms with Crippen LogP contribution in [0.15, 0.2) is 47.5 Å². The molecule has 0 aliphatic rings. The van der Waals surface area contributed by atoms with Crippen molar-refractivity contribution in [1.29, 1.82) is 0 Å². The number of anilines is 1. The van der Waals surface area contributed by atoms with Crippen LogP contribution in [0, 0.1) is 5.82 Å². The predicted octanol–water partition coefficient (Wildman–Crippen LogP) is 1.47. The number of aromatic nitrogens is 1. The maximum atomic E-state index is 12.8. The Morgan fingerprint density at radius 1 is 1.17 bits per heavy atom. The number of hydrogen-bond acceptors (Lipinski definition) is 5. The van der Waals surface area contributed by atoms with Crippen molar-refractivity contribution >= 4 is 21.6 Å². The van der Waals surface area contributed by atoms with Crippen LogP contribution in [-0.2, 0) is 9.84 Å². The van der Waals surface area contributed by atoms with E-state index in [2.05, 4.69) is 15.6 Å². The number of nitrogens with one attached hydrogen (secondary N) is 2. The van der Waals surface area contributed by atoms with Crippen molar-refractivity contribution in [2.75, 3.05) is 24.7 Å². The molecule has 0 fully saturated rings. The number of sulfone groups is 1.